The Balaban J connectivity index is 2.14. The van der Waals surface area contributed by atoms with Gasteiger partial charge in [0.25, 0.3) is 5.91 Å². The van der Waals surface area contributed by atoms with Crippen molar-refractivity contribution in [3.05, 3.63) is 29.6 Å². The molecule has 23 heavy (non-hydrogen) atoms. The third-order valence-corrected chi connectivity index (χ3v) is 3.94. The van der Waals surface area contributed by atoms with Crippen molar-refractivity contribution in [1.29, 1.82) is 0 Å². The second kappa shape index (κ2) is 6.97. The van der Waals surface area contributed by atoms with Crippen molar-refractivity contribution < 1.29 is 22.8 Å². The first kappa shape index (κ1) is 17.2. The van der Waals surface area contributed by atoms with Crippen molar-refractivity contribution in [3.63, 3.8) is 0 Å². The Bertz CT molecular complexity index is 590. The van der Waals surface area contributed by atoms with Gasteiger partial charge in [-0.15, -0.1) is 0 Å². The first-order valence-corrected chi connectivity index (χ1v) is 7.39. The Morgan fingerprint density at radius 3 is 2.70 bits per heavy atom. The molecule has 1 aliphatic rings. The lowest BCUT2D eigenvalue weighted by Crippen LogP contribution is -2.34. The summed E-state index contributed by atoms with van der Waals surface area (Å²) in [4.78, 5) is 28.4. The van der Waals surface area contributed by atoms with Gasteiger partial charge in [-0.3, -0.25) is 14.6 Å². The molecule has 1 atom stereocenters. The van der Waals surface area contributed by atoms with E-state index in [1.54, 1.807) is 0 Å². The fraction of sp³-hybridized carbons (Fsp3) is 0.533. The number of amides is 2. The zero-order chi connectivity index (χ0) is 17.0. The third-order valence-electron chi connectivity index (χ3n) is 3.94. The van der Waals surface area contributed by atoms with Gasteiger partial charge in [0.05, 0.1) is 5.56 Å². The number of hydrogen-bond donors (Lipinski definition) is 1. The third kappa shape index (κ3) is 4.43. The van der Waals surface area contributed by atoms with Crippen LogP contribution >= 0.6 is 0 Å². The van der Waals surface area contributed by atoms with Crippen LogP contribution in [0.2, 0.25) is 0 Å². The lowest BCUT2D eigenvalue weighted by Gasteiger charge is -2.22. The number of carbonyl (C=O) groups is 2. The second-order valence-corrected chi connectivity index (χ2v) is 5.66. The molecule has 126 valence electrons. The van der Waals surface area contributed by atoms with Crippen LogP contribution in [0, 0.1) is 5.92 Å². The van der Waals surface area contributed by atoms with Crippen LogP contribution in [-0.4, -0.2) is 34.8 Å². The Hall–Kier alpha value is -2.12. The number of carbonyl (C=O) groups excluding carboxylic acids is 2. The fourth-order valence-electron chi connectivity index (χ4n) is 2.81. The van der Waals surface area contributed by atoms with Crippen LogP contribution in [0.3, 0.4) is 0 Å². The highest BCUT2D eigenvalue weighted by atomic mass is 19.4. The molecule has 0 saturated carbocycles. The van der Waals surface area contributed by atoms with Gasteiger partial charge in [-0.1, -0.05) is 0 Å². The molecule has 2 N–H and O–H groups in total. The van der Waals surface area contributed by atoms with Gasteiger partial charge in [-0.2, -0.15) is 13.2 Å². The molecule has 2 amide bonds. The number of nitrogens with two attached hydrogens (primary N) is 1. The number of likely N-dealkylation sites (tertiary alicyclic amines) is 1. The summed E-state index contributed by atoms with van der Waals surface area (Å²) in [5.74, 6) is -1.06. The van der Waals surface area contributed by atoms with Crippen molar-refractivity contribution in [2.45, 2.75) is 31.9 Å². The van der Waals surface area contributed by atoms with E-state index in [9.17, 15) is 22.8 Å². The lowest BCUT2D eigenvalue weighted by molar-refractivity contribution is -0.138. The van der Waals surface area contributed by atoms with E-state index in [1.807, 2.05) is 0 Å². The SMILES string of the molecule is NC(=O)CC1CCCN(C(=O)c2ncccc2C(F)(F)F)CC1. The van der Waals surface area contributed by atoms with E-state index in [-0.39, 0.29) is 12.3 Å². The smallest absolute Gasteiger partial charge is 0.370 e. The highest BCUT2D eigenvalue weighted by Crippen LogP contribution is 2.32. The molecule has 2 rings (SSSR count). The lowest BCUT2D eigenvalue weighted by atomic mass is 9.97. The Kier molecular flexibility index (Phi) is 5.23. The molecule has 0 bridgehead atoms. The molecule has 0 aromatic carbocycles. The van der Waals surface area contributed by atoms with Crippen LogP contribution in [0.5, 0.6) is 0 Å². The van der Waals surface area contributed by atoms with Crippen molar-refractivity contribution in [3.8, 4) is 0 Å². The van der Waals surface area contributed by atoms with Crippen molar-refractivity contribution in [1.82, 2.24) is 9.88 Å². The second-order valence-electron chi connectivity index (χ2n) is 5.66. The summed E-state index contributed by atoms with van der Waals surface area (Å²) in [5, 5.41) is 0. The van der Waals surface area contributed by atoms with E-state index in [1.165, 1.54) is 11.1 Å². The molecule has 1 fully saturated rings. The maximum absolute atomic E-state index is 13.0. The maximum atomic E-state index is 13.0. The van der Waals surface area contributed by atoms with E-state index in [4.69, 9.17) is 5.73 Å². The van der Waals surface area contributed by atoms with Gasteiger partial charge < -0.3 is 10.6 Å². The molecule has 5 nitrogen and oxygen atoms in total. The molecule has 0 aliphatic carbocycles. The summed E-state index contributed by atoms with van der Waals surface area (Å²) in [7, 11) is 0. The van der Waals surface area contributed by atoms with Crippen molar-refractivity contribution in [2.24, 2.45) is 11.7 Å². The topological polar surface area (TPSA) is 76.3 Å². The molecule has 8 heteroatoms. The summed E-state index contributed by atoms with van der Waals surface area (Å²) in [6, 6.07) is 2.01. The minimum absolute atomic E-state index is 0.0659. The zero-order valence-electron chi connectivity index (χ0n) is 12.5. The maximum Gasteiger partial charge on any atom is 0.418 e. The Morgan fingerprint density at radius 1 is 1.30 bits per heavy atom. The van der Waals surface area contributed by atoms with Crippen LogP contribution < -0.4 is 5.73 Å². The summed E-state index contributed by atoms with van der Waals surface area (Å²) in [6.07, 6.45) is -1.32. The van der Waals surface area contributed by atoms with Gasteiger partial charge in [0.15, 0.2) is 0 Å². The molecule has 2 heterocycles. The number of pyridine rings is 1. The predicted octanol–water partition coefficient (Wildman–Crippen LogP) is 2.22. The van der Waals surface area contributed by atoms with E-state index >= 15 is 0 Å². The van der Waals surface area contributed by atoms with E-state index in [0.29, 0.717) is 25.9 Å². The van der Waals surface area contributed by atoms with Gasteiger partial charge in [0.2, 0.25) is 5.91 Å². The zero-order valence-corrected chi connectivity index (χ0v) is 12.5. The highest BCUT2D eigenvalue weighted by molar-refractivity contribution is 5.94. The average molecular weight is 329 g/mol. The summed E-state index contributed by atoms with van der Waals surface area (Å²) < 4.78 is 39.0. The van der Waals surface area contributed by atoms with Gasteiger partial charge >= 0.3 is 6.18 Å². The van der Waals surface area contributed by atoms with E-state index < -0.39 is 29.2 Å². The Morgan fingerprint density at radius 2 is 2.04 bits per heavy atom. The minimum Gasteiger partial charge on any atom is -0.370 e. The molecular weight excluding hydrogens is 311 g/mol. The van der Waals surface area contributed by atoms with Crippen LogP contribution in [0.15, 0.2) is 18.3 Å². The van der Waals surface area contributed by atoms with Gasteiger partial charge in [-0.25, -0.2) is 0 Å². The summed E-state index contributed by atoms with van der Waals surface area (Å²) >= 11 is 0. The molecule has 1 aromatic rings. The first-order chi connectivity index (χ1) is 10.8. The Labute approximate surface area is 131 Å². The van der Waals surface area contributed by atoms with E-state index in [0.717, 1.165) is 18.6 Å². The highest BCUT2D eigenvalue weighted by Gasteiger charge is 2.37. The molecular formula is C15H18F3N3O2. The molecule has 1 aromatic heterocycles. The van der Waals surface area contributed by atoms with Crippen LogP contribution in [0.1, 0.15) is 41.7 Å². The number of rotatable bonds is 3. The molecule has 1 saturated heterocycles. The number of aromatic nitrogens is 1. The number of primary amides is 1. The largest absolute Gasteiger partial charge is 0.418 e. The molecule has 0 radical (unpaired) electrons. The van der Waals surface area contributed by atoms with Crippen molar-refractivity contribution in [2.75, 3.05) is 13.1 Å². The quantitative estimate of drug-likeness (QED) is 0.924. The monoisotopic (exact) mass is 329 g/mol. The van der Waals surface area contributed by atoms with Gasteiger partial charge in [-0.05, 0) is 37.3 Å². The number of alkyl halides is 3. The van der Waals surface area contributed by atoms with Crippen LogP contribution in [0.4, 0.5) is 13.2 Å². The molecule has 0 spiro atoms. The summed E-state index contributed by atoms with van der Waals surface area (Å²) in [5.41, 5.74) is 3.57. The standard InChI is InChI=1S/C15H18F3N3O2/c16-15(17,18)11-4-1-6-20-13(11)14(23)21-7-2-3-10(5-8-21)9-12(19)22/h1,4,6,10H,2-3,5,7-9H2,(H2,19,22). The molecule has 1 unspecified atom stereocenters. The van der Waals surface area contributed by atoms with Crippen molar-refractivity contribution >= 4 is 11.8 Å². The van der Waals surface area contributed by atoms with Crippen LogP contribution in [0.25, 0.3) is 0 Å². The fourth-order valence-corrected chi connectivity index (χ4v) is 2.81. The first-order valence-electron chi connectivity index (χ1n) is 7.39. The van der Waals surface area contributed by atoms with E-state index in [2.05, 4.69) is 4.98 Å². The number of halogens is 3. The summed E-state index contributed by atoms with van der Waals surface area (Å²) in [6.45, 7) is 0.645. The number of hydrogen-bond acceptors (Lipinski definition) is 3. The normalized spacial score (nSPS) is 19.3. The average Bonchev–Trinajstić information content (AvgIpc) is 2.70. The minimum atomic E-state index is -4.63. The van der Waals surface area contributed by atoms with Gasteiger partial charge in [0, 0.05) is 25.7 Å². The van der Waals surface area contributed by atoms with Crippen LogP contribution in [-0.2, 0) is 11.0 Å². The molecule has 1 aliphatic heterocycles. The number of nitrogens with zero attached hydrogens (tertiary/aromatic N) is 2. The van der Waals surface area contributed by atoms with Gasteiger partial charge in [0.1, 0.15) is 5.69 Å². The predicted molar refractivity (Wildman–Crippen MR) is 76.3 cm³/mol.